The summed E-state index contributed by atoms with van der Waals surface area (Å²) in [6, 6.07) is 16.6. The number of nitrogens with one attached hydrogen (secondary N) is 3. The lowest BCUT2D eigenvalue weighted by Crippen LogP contribution is -2.58. The first-order valence-corrected chi connectivity index (χ1v) is 18.3. The van der Waals surface area contributed by atoms with Gasteiger partial charge in [0.2, 0.25) is 17.7 Å². The molecule has 2 aromatic rings. The summed E-state index contributed by atoms with van der Waals surface area (Å²) in [6.45, 7) is 11.8. The number of epoxide rings is 1. The van der Waals surface area contributed by atoms with Gasteiger partial charge in [-0.2, -0.15) is 0 Å². The highest BCUT2D eigenvalue weighted by molar-refractivity contribution is 5.98. The first-order valence-electron chi connectivity index (χ1n) is 18.3. The fourth-order valence-corrected chi connectivity index (χ4v) is 5.72. The van der Waals surface area contributed by atoms with E-state index in [1.807, 2.05) is 107 Å². The van der Waals surface area contributed by atoms with E-state index < -0.39 is 47.6 Å². The minimum Gasteiger partial charge on any atom is -0.378 e. The minimum atomic E-state index is -0.994. The van der Waals surface area contributed by atoms with E-state index in [9.17, 15) is 19.2 Å². The molecule has 51 heavy (non-hydrogen) atoms. The molecule has 1 saturated heterocycles. The molecule has 1 aliphatic heterocycles. The highest BCUT2D eigenvalue weighted by atomic mass is 16.6. The largest absolute Gasteiger partial charge is 0.378 e. The second kappa shape index (κ2) is 21.0. The number of benzene rings is 2. The van der Waals surface area contributed by atoms with Crippen LogP contribution in [0.15, 0.2) is 60.7 Å². The lowest BCUT2D eigenvalue weighted by molar-refractivity contribution is -0.139. The number of carbonyl (C=O) groups excluding carboxylic acids is 4. The molecule has 11 heteroatoms. The molecule has 0 radical (unpaired) electrons. The number of amides is 3. The van der Waals surface area contributed by atoms with Gasteiger partial charge in [-0.15, -0.1) is 0 Å². The molecule has 282 valence electrons. The third kappa shape index (κ3) is 15.2. The molecule has 1 aliphatic rings. The smallest absolute Gasteiger partial charge is 0.249 e. The van der Waals surface area contributed by atoms with Gasteiger partial charge in [-0.1, -0.05) is 88.4 Å². The van der Waals surface area contributed by atoms with Gasteiger partial charge < -0.3 is 35.1 Å². The van der Waals surface area contributed by atoms with Crippen LogP contribution in [0.25, 0.3) is 0 Å². The fourth-order valence-electron chi connectivity index (χ4n) is 5.72. The van der Waals surface area contributed by atoms with Crippen LogP contribution in [0.1, 0.15) is 65.0 Å². The van der Waals surface area contributed by atoms with E-state index in [0.29, 0.717) is 45.5 Å². The Balaban J connectivity index is 1.77. The predicted octanol–water partition coefficient (Wildman–Crippen LogP) is 3.73. The molecular weight excluding hydrogens is 648 g/mol. The Morgan fingerprint density at radius 3 is 1.84 bits per heavy atom. The molecule has 11 nitrogen and oxygen atoms in total. The Labute approximate surface area is 304 Å². The van der Waals surface area contributed by atoms with Crippen LogP contribution >= 0.6 is 0 Å². The van der Waals surface area contributed by atoms with Crippen molar-refractivity contribution < 1.29 is 33.4 Å². The molecule has 1 unspecified atom stereocenters. The van der Waals surface area contributed by atoms with Crippen molar-refractivity contribution >= 4 is 23.5 Å². The van der Waals surface area contributed by atoms with Crippen molar-refractivity contribution in [2.45, 2.75) is 96.6 Å². The van der Waals surface area contributed by atoms with Crippen LogP contribution in [0, 0.1) is 11.8 Å². The van der Waals surface area contributed by atoms with Crippen molar-refractivity contribution in [3.05, 3.63) is 71.8 Å². The van der Waals surface area contributed by atoms with Gasteiger partial charge in [-0.3, -0.25) is 19.2 Å². The van der Waals surface area contributed by atoms with Crippen molar-refractivity contribution in [1.29, 1.82) is 0 Å². The van der Waals surface area contributed by atoms with Crippen molar-refractivity contribution in [2.75, 3.05) is 47.1 Å². The predicted molar refractivity (Wildman–Crippen MR) is 198 cm³/mol. The summed E-state index contributed by atoms with van der Waals surface area (Å²) in [7, 11) is 3.94. The van der Waals surface area contributed by atoms with Gasteiger partial charge in [0.1, 0.15) is 23.8 Å². The quantitative estimate of drug-likeness (QED) is 0.111. The fraction of sp³-hybridized carbons (Fsp3) is 0.600. The lowest BCUT2D eigenvalue weighted by Gasteiger charge is -2.28. The SMILES string of the molecule is CC(C)CC(NC(=O)[C@H](CCc1ccccc1)OCCOCCN(C)C)C(=O)N[C@@H](Cc1ccccc1)C(=O)N[C@@H](CC(C)C)C(=O)[C@@]1(C)CO1. The number of carbonyl (C=O) groups is 4. The third-order valence-electron chi connectivity index (χ3n) is 8.75. The van der Waals surface area contributed by atoms with Gasteiger partial charge >= 0.3 is 0 Å². The number of aryl methyl sites for hydroxylation is 1. The number of hydrogen-bond donors (Lipinski definition) is 3. The van der Waals surface area contributed by atoms with Crippen molar-refractivity contribution in [3.63, 3.8) is 0 Å². The van der Waals surface area contributed by atoms with Crippen LogP contribution < -0.4 is 16.0 Å². The number of likely N-dealkylation sites (N-methyl/N-ethyl adjacent to an activating group) is 1. The Bertz CT molecular complexity index is 1370. The van der Waals surface area contributed by atoms with Crippen molar-refractivity contribution in [3.8, 4) is 0 Å². The van der Waals surface area contributed by atoms with Crippen LogP contribution in [0.4, 0.5) is 0 Å². The summed E-state index contributed by atoms with van der Waals surface area (Å²) in [4.78, 5) is 57.1. The molecule has 3 N–H and O–H groups in total. The van der Waals surface area contributed by atoms with Crippen molar-refractivity contribution in [1.82, 2.24) is 20.9 Å². The second-order valence-corrected chi connectivity index (χ2v) is 14.8. The molecular formula is C40H60N4O7. The summed E-state index contributed by atoms with van der Waals surface area (Å²) in [6.07, 6.45) is 1.20. The molecule has 0 spiro atoms. The standard InChI is InChI=1S/C40H60N4O7/c1-28(2)24-32(36(45)40(5)27-51-40)41-38(47)34(26-31-16-12-9-13-17-31)42-37(46)33(25-29(3)4)43-39(48)35(19-18-30-14-10-8-11-15-30)50-23-22-49-21-20-44(6)7/h8-17,28-29,32-35H,18-27H2,1-7H3,(H,41,47)(H,42,46)(H,43,48)/t32-,33?,34-,35-,40+/m0/s1. The topological polar surface area (TPSA) is 139 Å². The van der Waals surface area contributed by atoms with E-state index in [1.165, 1.54) is 0 Å². The van der Waals surface area contributed by atoms with Gasteiger partial charge in [-0.25, -0.2) is 0 Å². The summed E-state index contributed by atoms with van der Waals surface area (Å²) in [5.41, 5.74) is 1.01. The summed E-state index contributed by atoms with van der Waals surface area (Å²) in [5, 5.41) is 8.80. The molecule has 1 fully saturated rings. The van der Waals surface area contributed by atoms with Crippen LogP contribution in [-0.4, -0.2) is 105 Å². The number of hydrogen-bond acceptors (Lipinski definition) is 8. The number of ketones is 1. The Kier molecular flexibility index (Phi) is 17.2. The molecule has 0 saturated carbocycles. The zero-order valence-corrected chi connectivity index (χ0v) is 31.6. The Morgan fingerprint density at radius 1 is 0.745 bits per heavy atom. The van der Waals surface area contributed by atoms with Crippen LogP contribution in [0.5, 0.6) is 0 Å². The third-order valence-corrected chi connectivity index (χ3v) is 8.75. The van der Waals surface area contributed by atoms with Gasteiger partial charge in [0.05, 0.1) is 32.5 Å². The number of ether oxygens (including phenoxy) is 3. The maximum atomic E-state index is 14.0. The zero-order valence-electron chi connectivity index (χ0n) is 31.6. The van der Waals surface area contributed by atoms with E-state index in [1.54, 1.807) is 6.92 Å². The van der Waals surface area contributed by atoms with Crippen LogP contribution in [-0.2, 0) is 46.2 Å². The van der Waals surface area contributed by atoms with E-state index in [-0.39, 0.29) is 30.6 Å². The molecule has 0 aliphatic carbocycles. The van der Waals surface area contributed by atoms with Crippen molar-refractivity contribution in [2.24, 2.45) is 11.8 Å². The van der Waals surface area contributed by atoms with E-state index in [0.717, 1.165) is 17.7 Å². The summed E-state index contributed by atoms with van der Waals surface area (Å²) in [5.74, 6) is -1.33. The molecule has 3 amide bonds. The van der Waals surface area contributed by atoms with Crippen LogP contribution in [0.3, 0.4) is 0 Å². The summed E-state index contributed by atoms with van der Waals surface area (Å²) < 4.78 is 17.1. The number of nitrogens with zero attached hydrogens (tertiary/aromatic N) is 1. The maximum Gasteiger partial charge on any atom is 0.249 e. The second-order valence-electron chi connectivity index (χ2n) is 14.8. The van der Waals surface area contributed by atoms with E-state index in [2.05, 4.69) is 16.0 Å². The van der Waals surface area contributed by atoms with E-state index >= 15 is 0 Å². The van der Waals surface area contributed by atoms with E-state index in [4.69, 9.17) is 14.2 Å². The minimum absolute atomic E-state index is 0.0589. The highest BCUT2D eigenvalue weighted by Crippen LogP contribution is 2.29. The zero-order chi connectivity index (χ0) is 37.4. The summed E-state index contributed by atoms with van der Waals surface area (Å²) >= 11 is 0. The maximum absolute atomic E-state index is 14.0. The molecule has 5 atom stereocenters. The average molecular weight is 709 g/mol. The normalized spacial score (nSPS) is 17.8. The molecule has 3 rings (SSSR count). The first-order chi connectivity index (χ1) is 24.3. The van der Waals surface area contributed by atoms with Gasteiger partial charge in [0, 0.05) is 13.0 Å². The number of Topliss-reactive ketones (excluding diaryl/α,β-unsaturated/α-hetero) is 1. The average Bonchev–Trinajstić information content (AvgIpc) is 3.84. The molecule has 0 bridgehead atoms. The van der Waals surface area contributed by atoms with Gasteiger partial charge in [0.25, 0.3) is 0 Å². The van der Waals surface area contributed by atoms with Gasteiger partial charge in [0.15, 0.2) is 5.78 Å². The molecule has 1 heterocycles. The van der Waals surface area contributed by atoms with Gasteiger partial charge in [-0.05, 0) is 69.7 Å². The van der Waals surface area contributed by atoms with Crippen LogP contribution in [0.2, 0.25) is 0 Å². The Hall–Kier alpha value is -3.64. The monoisotopic (exact) mass is 708 g/mol. The Morgan fingerprint density at radius 2 is 1.27 bits per heavy atom. The first kappa shape index (κ1) is 41.8. The molecule has 2 aromatic carbocycles. The highest BCUT2D eigenvalue weighted by Gasteiger charge is 2.50. The lowest BCUT2D eigenvalue weighted by atomic mass is 9.93. The molecule has 0 aromatic heterocycles. The number of rotatable bonds is 24.